The van der Waals surface area contributed by atoms with E-state index in [0.29, 0.717) is 6.42 Å². The van der Waals surface area contributed by atoms with E-state index in [0.717, 1.165) is 24.3 Å². The summed E-state index contributed by atoms with van der Waals surface area (Å²) in [6.07, 6.45) is 2.40. The quantitative estimate of drug-likeness (QED) is 0.571. The van der Waals surface area contributed by atoms with Crippen LogP contribution in [0.4, 0.5) is 0 Å². The second-order valence-electron chi connectivity index (χ2n) is 3.57. The van der Waals surface area contributed by atoms with Crippen LogP contribution in [0.15, 0.2) is 18.2 Å². The van der Waals surface area contributed by atoms with Gasteiger partial charge >= 0.3 is 0 Å². The van der Waals surface area contributed by atoms with Gasteiger partial charge in [0.15, 0.2) is 11.5 Å². The summed E-state index contributed by atoms with van der Waals surface area (Å²) in [4.78, 5) is 0. The van der Waals surface area contributed by atoms with Crippen molar-refractivity contribution < 1.29 is 9.47 Å². The van der Waals surface area contributed by atoms with Gasteiger partial charge in [-0.05, 0) is 30.5 Å². The molecule has 0 spiro atoms. The molecule has 1 rings (SSSR count). The van der Waals surface area contributed by atoms with E-state index >= 15 is 0 Å². The lowest BCUT2D eigenvalue weighted by atomic mass is 10.1. The van der Waals surface area contributed by atoms with E-state index < -0.39 is 0 Å². The molecule has 88 valence electrons. The molecule has 0 saturated heterocycles. The molecule has 0 aromatic heterocycles. The van der Waals surface area contributed by atoms with E-state index in [1.54, 1.807) is 14.2 Å². The van der Waals surface area contributed by atoms with Crippen molar-refractivity contribution >= 4 is 5.84 Å². The van der Waals surface area contributed by atoms with Gasteiger partial charge in [-0.15, -0.1) is 0 Å². The van der Waals surface area contributed by atoms with Gasteiger partial charge in [0, 0.05) is 6.42 Å². The Kier molecular flexibility index (Phi) is 4.64. The lowest BCUT2D eigenvalue weighted by molar-refractivity contribution is 0.354. The zero-order valence-electron chi connectivity index (χ0n) is 9.75. The molecule has 0 aliphatic rings. The maximum atomic E-state index is 7.14. The third kappa shape index (κ3) is 3.46. The normalized spacial score (nSPS) is 9.88. The highest BCUT2D eigenvalue weighted by molar-refractivity contribution is 5.76. The number of nitrogens with two attached hydrogens (primary N) is 1. The van der Waals surface area contributed by atoms with Crippen LogP contribution in [-0.4, -0.2) is 20.1 Å². The zero-order chi connectivity index (χ0) is 12.0. The largest absolute Gasteiger partial charge is 0.493 e. The maximum absolute atomic E-state index is 7.14. The lowest BCUT2D eigenvalue weighted by Gasteiger charge is -2.09. The number of methoxy groups -OCH3 is 2. The van der Waals surface area contributed by atoms with Crippen LogP contribution >= 0.6 is 0 Å². The fraction of sp³-hybridized carbons (Fsp3) is 0.417. The molecule has 1 aromatic rings. The molecule has 1 aromatic carbocycles. The molecule has 0 atom stereocenters. The minimum absolute atomic E-state index is 0.237. The van der Waals surface area contributed by atoms with E-state index in [2.05, 4.69) is 0 Å². The maximum Gasteiger partial charge on any atom is 0.160 e. The van der Waals surface area contributed by atoms with E-state index in [1.807, 2.05) is 18.2 Å². The van der Waals surface area contributed by atoms with Crippen molar-refractivity contribution in [1.29, 1.82) is 5.41 Å². The Labute approximate surface area is 95.9 Å². The first-order valence-electron chi connectivity index (χ1n) is 5.21. The summed E-state index contributed by atoms with van der Waals surface area (Å²) in [5.41, 5.74) is 6.46. The Bertz CT molecular complexity index is 364. The molecule has 0 aliphatic carbocycles. The van der Waals surface area contributed by atoms with Gasteiger partial charge in [0.25, 0.3) is 0 Å². The van der Waals surface area contributed by atoms with Gasteiger partial charge in [0.2, 0.25) is 0 Å². The summed E-state index contributed by atoms with van der Waals surface area (Å²) in [7, 11) is 3.24. The number of nitrogens with one attached hydrogen (secondary N) is 1. The molecule has 16 heavy (non-hydrogen) atoms. The van der Waals surface area contributed by atoms with Crippen LogP contribution in [0.25, 0.3) is 0 Å². The topological polar surface area (TPSA) is 68.3 Å². The fourth-order valence-electron chi connectivity index (χ4n) is 1.52. The summed E-state index contributed by atoms with van der Waals surface area (Å²) in [6.45, 7) is 0. The smallest absolute Gasteiger partial charge is 0.160 e. The van der Waals surface area contributed by atoms with E-state index in [9.17, 15) is 0 Å². The molecule has 0 fully saturated rings. The van der Waals surface area contributed by atoms with Crippen molar-refractivity contribution in [3.8, 4) is 11.5 Å². The van der Waals surface area contributed by atoms with Gasteiger partial charge in [0.1, 0.15) is 0 Å². The first-order valence-corrected chi connectivity index (χ1v) is 5.21. The molecule has 3 N–H and O–H groups in total. The molecule has 0 heterocycles. The molecule has 0 unspecified atom stereocenters. The minimum atomic E-state index is 0.237. The van der Waals surface area contributed by atoms with Crippen molar-refractivity contribution in [2.24, 2.45) is 5.73 Å². The third-order valence-electron chi connectivity index (χ3n) is 2.36. The average Bonchev–Trinajstić information content (AvgIpc) is 2.28. The highest BCUT2D eigenvalue weighted by Crippen LogP contribution is 2.27. The summed E-state index contributed by atoms with van der Waals surface area (Å²) >= 11 is 0. The van der Waals surface area contributed by atoms with Crippen molar-refractivity contribution in [1.82, 2.24) is 0 Å². The number of hydrogen-bond acceptors (Lipinski definition) is 3. The van der Waals surface area contributed by atoms with E-state index in [1.165, 1.54) is 5.56 Å². The van der Waals surface area contributed by atoms with Gasteiger partial charge in [0.05, 0.1) is 20.1 Å². The average molecular weight is 222 g/mol. The summed E-state index contributed by atoms with van der Waals surface area (Å²) < 4.78 is 10.4. The van der Waals surface area contributed by atoms with Gasteiger partial charge in [-0.3, -0.25) is 5.41 Å². The number of aryl methyl sites for hydroxylation is 1. The highest BCUT2D eigenvalue weighted by atomic mass is 16.5. The Morgan fingerprint density at radius 3 is 2.50 bits per heavy atom. The van der Waals surface area contributed by atoms with Gasteiger partial charge in [-0.1, -0.05) is 6.07 Å². The molecule has 0 aliphatic heterocycles. The molecule has 0 bridgehead atoms. The predicted octanol–water partition coefficient (Wildman–Crippen LogP) is 1.96. The van der Waals surface area contributed by atoms with Crippen LogP contribution in [0.3, 0.4) is 0 Å². The van der Waals surface area contributed by atoms with Crippen LogP contribution in [-0.2, 0) is 6.42 Å². The molecule has 0 amide bonds. The highest BCUT2D eigenvalue weighted by Gasteiger charge is 2.04. The SMILES string of the molecule is COc1ccc(CCCC(=N)N)cc1OC. The van der Waals surface area contributed by atoms with Crippen molar-refractivity contribution in [3.63, 3.8) is 0 Å². The van der Waals surface area contributed by atoms with E-state index in [-0.39, 0.29) is 5.84 Å². The predicted molar refractivity (Wildman–Crippen MR) is 64.4 cm³/mol. The zero-order valence-corrected chi connectivity index (χ0v) is 9.75. The van der Waals surface area contributed by atoms with Gasteiger partial charge in [-0.2, -0.15) is 0 Å². The Balaban J connectivity index is 2.64. The summed E-state index contributed by atoms with van der Waals surface area (Å²) in [6, 6.07) is 5.85. The van der Waals surface area contributed by atoms with Crippen LogP contribution < -0.4 is 15.2 Å². The molecule has 4 nitrogen and oxygen atoms in total. The first-order chi connectivity index (χ1) is 7.67. The number of ether oxygens (including phenoxy) is 2. The second kappa shape index (κ2) is 6.00. The van der Waals surface area contributed by atoms with Gasteiger partial charge in [-0.25, -0.2) is 0 Å². The number of rotatable bonds is 6. The molecule has 0 saturated carbocycles. The number of hydrogen-bond donors (Lipinski definition) is 2. The lowest BCUT2D eigenvalue weighted by Crippen LogP contribution is -2.09. The van der Waals surface area contributed by atoms with Crippen molar-refractivity contribution in [3.05, 3.63) is 23.8 Å². The van der Waals surface area contributed by atoms with Gasteiger partial charge < -0.3 is 15.2 Å². The Morgan fingerprint density at radius 2 is 1.94 bits per heavy atom. The molecular weight excluding hydrogens is 204 g/mol. The van der Waals surface area contributed by atoms with Crippen LogP contribution in [0, 0.1) is 5.41 Å². The molecule has 4 heteroatoms. The Hall–Kier alpha value is -1.71. The van der Waals surface area contributed by atoms with E-state index in [4.69, 9.17) is 20.6 Å². The minimum Gasteiger partial charge on any atom is -0.493 e. The summed E-state index contributed by atoms with van der Waals surface area (Å²) in [5, 5.41) is 7.14. The molecular formula is C12H18N2O2. The number of benzene rings is 1. The van der Waals surface area contributed by atoms with Crippen LogP contribution in [0.2, 0.25) is 0 Å². The summed E-state index contributed by atoms with van der Waals surface area (Å²) in [5.74, 6) is 1.71. The second-order valence-corrected chi connectivity index (χ2v) is 3.57. The van der Waals surface area contributed by atoms with Crippen molar-refractivity contribution in [2.75, 3.05) is 14.2 Å². The standard InChI is InChI=1S/C12H18N2O2/c1-15-10-7-6-9(8-11(10)16-2)4-3-5-12(13)14/h6-8H,3-5H2,1-2H3,(H3,13,14). The Morgan fingerprint density at radius 1 is 1.25 bits per heavy atom. The first kappa shape index (κ1) is 12.4. The monoisotopic (exact) mass is 222 g/mol. The fourth-order valence-corrected chi connectivity index (χ4v) is 1.52. The third-order valence-corrected chi connectivity index (χ3v) is 2.36. The molecule has 0 radical (unpaired) electrons. The number of amidine groups is 1. The van der Waals surface area contributed by atoms with Crippen molar-refractivity contribution in [2.45, 2.75) is 19.3 Å². The van der Waals surface area contributed by atoms with Crippen LogP contribution in [0.1, 0.15) is 18.4 Å². The van der Waals surface area contributed by atoms with Crippen LogP contribution in [0.5, 0.6) is 11.5 Å².